The molecule has 0 spiro atoms. The highest BCUT2D eigenvalue weighted by Gasteiger charge is 2.41. The fraction of sp³-hybridized carbons (Fsp3) is 0.538. The molecule has 1 aromatic rings. The Kier molecular flexibility index (Phi) is 5.18. The van der Waals surface area contributed by atoms with E-state index in [4.69, 9.17) is 23.2 Å². The molecule has 8 heteroatoms. The van der Waals surface area contributed by atoms with Gasteiger partial charge in [-0.2, -0.15) is 4.31 Å². The maximum Gasteiger partial charge on any atom is 0.246 e. The van der Waals surface area contributed by atoms with Crippen LogP contribution in [0.5, 0.6) is 0 Å². The molecule has 5 nitrogen and oxygen atoms in total. The number of rotatable bonds is 4. The van der Waals surface area contributed by atoms with Gasteiger partial charge in [0.05, 0.1) is 16.1 Å². The van der Waals surface area contributed by atoms with Crippen molar-refractivity contribution >= 4 is 33.2 Å². The fourth-order valence-corrected chi connectivity index (χ4v) is 5.35. The summed E-state index contributed by atoms with van der Waals surface area (Å²) < 4.78 is 27.0. The molecule has 0 aliphatic carbocycles. The van der Waals surface area contributed by atoms with Gasteiger partial charge < -0.3 is 10.0 Å². The van der Waals surface area contributed by atoms with Crippen molar-refractivity contribution in [2.24, 2.45) is 0 Å². The number of β-amino-alcohol motifs (C(OH)–C–C–N with tert-alkyl or cyclic N) is 1. The second-order valence-electron chi connectivity index (χ2n) is 5.43. The SMILES string of the molecule is CN(C)CC1CC(O)CN1S(=O)(=O)c1c(Cl)cccc1Cl. The largest absolute Gasteiger partial charge is 0.392 e. The predicted molar refractivity (Wildman–Crippen MR) is 83.3 cm³/mol. The topological polar surface area (TPSA) is 60.9 Å². The molecule has 0 saturated carbocycles. The number of sulfonamides is 1. The van der Waals surface area contributed by atoms with Gasteiger partial charge in [0, 0.05) is 19.1 Å². The van der Waals surface area contributed by atoms with Gasteiger partial charge in [-0.05, 0) is 32.6 Å². The van der Waals surface area contributed by atoms with Crippen molar-refractivity contribution in [2.75, 3.05) is 27.2 Å². The molecule has 118 valence electrons. The Labute approximate surface area is 135 Å². The van der Waals surface area contributed by atoms with Crippen molar-refractivity contribution in [3.8, 4) is 0 Å². The van der Waals surface area contributed by atoms with E-state index in [9.17, 15) is 13.5 Å². The summed E-state index contributed by atoms with van der Waals surface area (Å²) in [6.07, 6.45) is -0.273. The summed E-state index contributed by atoms with van der Waals surface area (Å²) in [5, 5.41) is 10.0. The van der Waals surface area contributed by atoms with Crippen LogP contribution < -0.4 is 0 Å². The summed E-state index contributed by atoms with van der Waals surface area (Å²) in [6, 6.07) is 4.29. The molecule has 21 heavy (non-hydrogen) atoms. The van der Waals surface area contributed by atoms with Crippen LogP contribution in [0.2, 0.25) is 10.0 Å². The highest BCUT2D eigenvalue weighted by Crippen LogP contribution is 2.34. The molecule has 1 aliphatic rings. The Morgan fingerprint density at radius 2 is 1.90 bits per heavy atom. The number of hydrogen-bond donors (Lipinski definition) is 1. The van der Waals surface area contributed by atoms with Crippen molar-refractivity contribution in [3.05, 3.63) is 28.2 Å². The van der Waals surface area contributed by atoms with E-state index in [0.29, 0.717) is 13.0 Å². The molecule has 1 aliphatic heterocycles. The maximum absolute atomic E-state index is 12.8. The van der Waals surface area contributed by atoms with E-state index < -0.39 is 16.1 Å². The zero-order valence-electron chi connectivity index (χ0n) is 11.8. The van der Waals surface area contributed by atoms with Crippen LogP contribution in [0, 0.1) is 0 Å². The van der Waals surface area contributed by atoms with Gasteiger partial charge in [0.2, 0.25) is 10.0 Å². The molecule has 1 heterocycles. The molecule has 2 rings (SSSR count). The molecule has 1 fully saturated rings. The molecule has 1 N–H and O–H groups in total. The van der Waals surface area contributed by atoms with Gasteiger partial charge in [0.1, 0.15) is 4.90 Å². The van der Waals surface area contributed by atoms with Crippen LogP contribution in [0.3, 0.4) is 0 Å². The number of aliphatic hydroxyl groups excluding tert-OH is 1. The first-order valence-electron chi connectivity index (χ1n) is 6.52. The number of benzene rings is 1. The minimum absolute atomic E-state index is 0.0579. The number of nitrogens with zero attached hydrogens (tertiary/aromatic N) is 2. The molecule has 1 saturated heterocycles. The van der Waals surface area contributed by atoms with Gasteiger partial charge in [0.15, 0.2) is 0 Å². The summed E-state index contributed by atoms with van der Waals surface area (Å²) in [5.41, 5.74) is 0. The Bertz CT molecular complexity index is 602. The molecule has 0 amide bonds. The second-order valence-corrected chi connectivity index (χ2v) is 8.07. The van der Waals surface area contributed by atoms with Crippen LogP contribution in [-0.2, 0) is 10.0 Å². The lowest BCUT2D eigenvalue weighted by atomic mass is 10.2. The molecular weight excluding hydrogens is 335 g/mol. The van der Waals surface area contributed by atoms with Crippen LogP contribution >= 0.6 is 23.2 Å². The minimum atomic E-state index is -3.84. The van der Waals surface area contributed by atoms with E-state index >= 15 is 0 Å². The van der Waals surface area contributed by atoms with Gasteiger partial charge >= 0.3 is 0 Å². The standard InChI is InChI=1S/C13H18Cl2N2O3S/c1-16(2)7-9-6-10(18)8-17(9)21(19,20)13-11(14)4-3-5-12(13)15/h3-5,9-10,18H,6-8H2,1-2H3. The molecule has 2 atom stereocenters. The summed E-state index contributed by atoms with van der Waals surface area (Å²) >= 11 is 12.0. The number of hydrogen-bond acceptors (Lipinski definition) is 4. The smallest absolute Gasteiger partial charge is 0.246 e. The van der Waals surface area contributed by atoms with Crippen molar-refractivity contribution in [2.45, 2.75) is 23.5 Å². The lowest BCUT2D eigenvalue weighted by Gasteiger charge is -2.26. The van der Waals surface area contributed by atoms with E-state index in [0.717, 1.165) is 0 Å². The van der Waals surface area contributed by atoms with Crippen molar-refractivity contribution in [1.29, 1.82) is 0 Å². The Balaban J connectivity index is 2.42. The first-order valence-corrected chi connectivity index (χ1v) is 8.71. The van der Waals surface area contributed by atoms with Gasteiger partial charge in [-0.1, -0.05) is 29.3 Å². The lowest BCUT2D eigenvalue weighted by Crippen LogP contribution is -2.41. The summed E-state index contributed by atoms with van der Waals surface area (Å²) in [4.78, 5) is 1.80. The molecule has 0 aromatic heterocycles. The first-order chi connectivity index (χ1) is 9.73. The summed E-state index contributed by atoms with van der Waals surface area (Å²) in [7, 11) is -0.127. The van der Waals surface area contributed by atoms with E-state index in [1.807, 2.05) is 19.0 Å². The van der Waals surface area contributed by atoms with Gasteiger partial charge in [-0.15, -0.1) is 0 Å². The van der Waals surface area contributed by atoms with E-state index in [1.165, 1.54) is 16.4 Å². The van der Waals surface area contributed by atoms with E-state index in [-0.39, 0.29) is 27.5 Å². The van der Waals surface area contributed by atoms with Crippen molar-refractivity contribution < 1.29 is 13.5 Å². The van der Waals surface area contributed by atoms with Crippen LogP contribution in [0.4, 0.5) is 0 Å². The summed E-state index contributed by atoms with van der Waals surface area (Å²) in [5.74, 6) is 0. The number of likely N-dealkylation sites (N-methyl/N-ethyl adjacent to an activating group) is 1. The van der Waals surface area contributed by atoms with Gasteiger partial charge in [0.25, 0.3) is 0 Å². The highest BCUT2D eigenvalue weighted by atomic mass is 35.5. The monoisotopic (exact) mass is 352 g/mol. The summed E-state index contributed by atoms with van der Waals surface area (Å²) in [6.45, 7) is 0.584. The molecule has 1 aromatic carbocycles. The number of aliphatic hydroxyl groups is 1. The van der Waals surface area contributed by atoms with Crippen LogP contribution in [0.25, 0.3) is 0 Å². The third kappa shape index (κ3) is 3.52. The Hall–Kier alpha value is -0.370. The van der Waals surface area contributed by atoms with Crippen LogP contribution in [0.15, 0.2) is 23.1 Å². The molecular formula is C13H18Cl2N2O3S. The average molecular weight is 353 g/mol. The first kappa shape index (κ1) is 17.0. The zero-order chi connectivity index (χ0) is 15.8. The highest BCUT2D eigenvalue weighted by molar-refractivity contribution is 7.89. The average Bonchev–Trinajstić information content (AvgIpc) is 2.69. The third-order valence-corrected chi connectivity index (χ3v) is 6.28. The second kappa shape index (κ2) is 6.40. The maximum atomic E-state index is 12.8. The van der Waals surface area contributed by atoms with Crippen molar-refractivity contribution in [3.63, 3.8) is 0 Å². The quantitative estimate of drug-likeness (QED) is 0.895. The normalized spacial score (nSPS) is 23.9. The van der Waals surface area contributed by atoms with Crippen molar-refractivity contribution in [1.82, 2.24) is 9.21 Å². The minimum Gasteiger partial charge on any atom is -0.392 e. The number of halogens is 2. The Morgan fingerprint density at radius 1 is 1.33 bits per heavy atom. The van der Waals surface area contributed by atoms with E-state index in [1.54, 1.807) is 6.07 Å². The zero-order valence-corrected chi connectivity index (χ0v) is 14.2. The van der Waals surface area contributed by atoms with Crippen LogP contribution in [0.1, 0.15) is 6.42 Å². The molecule has 2 unspecified atom stereocenters. The predicted octanol–water partition coefficient (Wildman–Crippen LogP) is 1.68. The fourth-order valence-electron chi connectivity index (χ4n) is 2.59. The van der Waals surface area contributed by atoms with E-state index in [2.05, 4.69) is 0 Å². The van der Waals surface area contributed by atoms with Crippen LogP contribution in [-0.4, -0.2) is 62.1 Å². The van der Waals surface area contributed by atoms with Gasteiger partial charge in [-0.25, -0.2) is 8.42 Å². The Morgan fingerprint density at radius 3 is 2.43 bits per heavy atom. The van der Waals surface area contributed by atoms with Gasteiger partial charge in [-0.3, -0.25) is 0 Å². The lowest BCUT2D eigenvalue weighted by molar-refractivity contribution is 0.188. The molecule has 0 radical (unpaired) electrons. The molecule has 0 bridgehead atoms. The third-order valence-electron chi connectivity index (χ3n) is 3.40.